The predicted octanol–water partition coefficient (Wildman–Crippen LogP) is 0.286. The Morgan fingerprint density at radius 3 is 2.82 bits per heavy atom. The topological polar surface area (TPSA) is 56.0 Å². The lowest BCUT2D eigenvalue weighted by Gasteiger charge is -2.27. The van der Waals surface area contributed by atoms with Crippen molar-refractivity contribution < 1.29 is 0 Å². The molecule has 0 aliphatic carbocycles. The van der Waals surface area contributed by atoms with E-state index >= 15 is 0 Å². The summed E-state index contributed by atoms with van der Waals surface area (Å²) in [5.74, 6) is 1.74. The molecule has 5 nitrogen and oxygen atoms in total. The maximum Gasteiger partial charge on any atom is 0.150 e. The minimum absolute atomic E-state index is 0.618. The summed E-state index contributed by atoms with van der Waals surface area (Å²) in [6.07, 6.45) is 2.54. The smallest absolute Gasteiger partial charge is 0.150 e. The third-order valence-corrected chi connectivity index (χ3v) is 3.76. The van der Waals surface area contributed by atoms with Gasteiger partial charge < -0.3 is 15.5 Å². The fourth-order valence-electron chi connectivity index (χ4n) is 2.71. The Hall–Kier alpha value is -1.07. The lowest BCUT2D eigenvalue weighted by atomic mass is 9.96. The molecule has 17 heavy (non-hydrogen) atoms. The quantitative estimate of drug-likeness (QED) is 0.689. The van der Waals surface area contributed by atoms with Gasteiger partial charge in [0.15, 0.2) is 5.82 Å². The summed E-state index contributed by atoms with van der Waals surface area (Å²) in [6, 6.07) is 2.24. The van der Waals surface area contributed by atoms with Crippen molar-refractivity contribution in [3.8, 4) is 0 Å². The lowest BCUT2D eigenvalue weighted by molar-refractivity contribution is 0.454. The molecule has 0 amide bonds. The van der Waals surface area contributed by atoms with Crippen LogP contribution in [-0.2, 0) is 0 Å². The molecule has 3 N–H and O–H groups in total. The van der Waals surface area contributed by atoms with Crippen molar-refractivity contribution in [1.82, 2.24) is 20.8 Å². The minimum atomic E-state index is 0.618. The molecule has 0 radical (unpaired) electrons. The molecule has 3 rings (SSSR count). The molecule has 0 aromatic carbocycles. The molecule has 3 heterocycles. The molecule has 2 aliphatic heterocycles. The van der Waals surface area contributed by atoms with E-state index in [0.29, 0.717) is 5.92 Å². The second kappa shape index (κ2) is 5.06. The van der Waals surface area contributed by atoms with E-state index in [4.69, 9.17) is 0 Å². The van der Waals surface area contributed by atoms with Gasteiger partial charge in [0.25, 0.3) is 0 Å². The van der Waals surface area contributed by atoms with Gasteiger partial charge in [-0.3, -0.25) is 5.10 Å². The third-order valence-electron chi connectivity index (χ3n) is 3.76. The summed E-state index contributed by atoms with van der Waals surface area (Å²) in [5, 5.41) is 14.5. The van der Waals surface area contributed by atoms with Gasteiger partial charge in [-0.1, -0.05) is 0 Å². The van der Waals surface area contributed by atoms with Crippen LogP contribution in [0.25, 0.3) is 0 Å². The highest BCUT2D eigenvalue weighted by Crippen LogP contribution is 2.24. The van der Waals surface area contributed by atoms with Crippen molar-refractivity contribution in [3.05, 3.63) is 11.8 Å². The number of rotatable bonds is 2. The van der Waals surface area contributed by atoms with Crippen LogP contribution in [0, 0.1) is 0 Å². The monoisotopic (exact) mass is 235 g/mol. The van der Waals surface area contributed by atoms with Crippen molar-refractivity contribution in [2.75, 3.05) is 44.2 Å². The summed E-state index contributed by atoms with van der Waals surface area (Å²) in [4.78, 5) is 2.35. The van der Waals surface area contributed by atoms with Gasteiger partial charge in [0.2, 0.25) is 0 Å². The normalized spacial score (nSPS) is 26.1. The van der Waals surface area contributed by atoms with Crippen molar-refractivity contribution in [1.29, 1.82) is 0 Å². The molecule has 2 fully saturated rings. The highest BCUT2D eigenvalue weighted by molar-refractivity contribution is 5.40. The molecule has 1 aromatic heterocycles. The molecule has 2 aliphatic rings. The number of piperidine rings is 1. The second-order valence-corrected chi connectivity index (χ2v) is 4.96. The summed E-state index contributed by atoms with van der Waals surface area (Å²) in [7, 11) is 0. The number of piperazine rings is 1. The first-order chi connectivity index (χ1) is 8.43. The van der Waals surface area contributed by atoms with E-state index in [-0.39, 0.29) is 0 Å². The molecule has 1 aromatic rings. The average Bonchev–Trinajstić information content (AvgIpc) is 2.90. The average molecular weight is 235 g/mol. The van der Waals surface area contributed by atoms with E-state index in [9.17, 15) is 0 Å². The molecule has 1 unspecified atom stereocenters. The Labute approximate surface area is 102 Å². The van der Waals surface area contributed by atoms with Crippen LogP contribution in [-0.4, -0.2) is 49.5 Å². The molecule has 0 saturated carbocycles. The fraction of sp³-hybridized carbons (Fsp3) is 0.750. The van der Waals surface area contributed by atoms with Crippen molar-refractivity contribution in [2.45, 2.75) is 18.8 Å². The van der Waals surface area contributed by atoms with Gasteiger partial charge in [0.05, 0.1) is 0 Å². The number of H-pyrrole nitrogens is 1. The molecule has 0 bridgehead atoms. The number of nitrogens with zero attached hydrogens (tertiary/aromatic N) is 2. The molecule has 1 atom stereocenters. The van der Waals surface area contributed by atoms with Gasteiger partial charge in [0, 0.05) is 50.4 Å². The number of aromatic nitrogens is 2. The van der Waals surface area contributed by atoms with Crippen molar-refractivity contribution in [2.24, 2.45) is 0 Å². The van der Waals surface area contributed by atoms with Gasteiger partial charge in [-0.25, -0.2) is 0 Å². The van der Waals surface area contributed by atoms with Crippen LogP contribution in [0.15, 0.2) is 6.07 Å². The van der Waals surface area contributed by atoms with E-state index in [1.807, 2.05) is 0 Å². The van der Waals surface area contributed by atoms with Crippen LogP contribution < -0.4 is 15.5 Å². The number of hydrogen-bond acceptors (Lipinski definition) is 4. The van der Waals surface area contributed by atoms with Crippen LogP contribution in [0.4, 0.5) is 5.82 Å². The first kappa shape index (κ1) is 11.0. The van der Waals surface area contributed by atoms with E-state index in [1.54, 1.807) is 0 Å². The zero-order valence-electron chi connectivity index (χ0n) is 10.2. The molecule has 5 heteroatoms. The number of nitrogens with one attached hydrogen (secondary N) is 3. The summed E-state index contributed by atoms with van der Waals surface area (Å²) in [6.45, 7) is 6.50. The Kier molecular flexibility index (Phi) is 3.29. The van der Waals surface area contributed by atoms with E-state index in [0.717, 1.165) is 45.1 Å². The van der Waals surface area contributed by atoms with Gasteiger partial charge in [-0.05, 0) is 19.4 Å². The zero-order chi connectivity index (χ0) is 11.5. The van der Waals surface area contributed by atoms with Crippen LogP contribution >= 0.6 is 0 Å². The summed E-state index contributed by atoms with van der Waals surface area (Å²) < 4.78 is 0. The Morgan fingerprint density at radius 2 is 2.06 bits per heavy atom. The maximum atomic E-state index is 4.46. The van der Waals surface area contributed by atoms with Crippen LogP contribution in [0.1, 0.15) is 24.5 Å². The molecular weight excluding hydrogens is 214 g/mol. The Bertz CT molecular complexity index is 317. The molecule has 94 valence electrons. The highest BCUT2D eigenvalue weighted by atomic mass is 15.3. The maximum absolute atomic E-state index is 4.46. The largest absolute Gasteiger partial charge is 0.353 e. The zero-order valence-corrected chi connectivity index (χ0v) is 10.2. The van der Waals surface area contributed by atoms with Crippen molar-refractivity contribution >= 4 is 5.82 Å². The molecular formula is C12H21N5. The van der Waals surface area contributed by atoms with Gasteiger partial charge in [-0.15, -0.1) is 0 Å². The van der Waals surface area contributed by atoms with Crippen LogP contribution in [0.5, 0.6) is 0 Å². The Morgan fingerprint density at radius 1 is 1.18 bits per heavy atom. The van der Waals surface area contributed by atoms with Gasteiger partial charge in [-0.2, -0.15) is 5.10 Å². The highest BCUT2D eigenvalue weighted by Gasteiger charge is 2.19. The van der Waals surface area contributed by atoms with E-state index < -0.39 is 0 Å². The minimum Gasteiger partial charge on any atom is -0.353 e. The molecule has 2 saturated heterocycles. The molecule has 0 spiro atoms. The summed E-state index contributed by atoms with van der Waals surface area (Å²) >= 11 is 0. The van der Waals surface area contributed by atoms with Crippen molar-refractivity contribution in [3.63, 3.8) is 0 Å². The first-order valence-corrected chi connectivity index (χ1v) is 6.65. The summed E-state index contributed by atoms with van der Waals surface area (Å²) in [5.41, 5.74) is 1.30. The Balaban J connectivity index is 1.68. The van der Waals surface area contributed by atoms with Gasteiger partial charge >= 0.3 is 0 Å². The van der Waals surface area contributed by atoms with E-state index in [1.165, 1.54) is 18.5 Å². The lowest BCUT2D eigenvalue weighted by Crippen LogP contribution is -2.43. The SMILES string of the molecule is c1c(N2CCNCC2)n[nH]c1C1CCCNC1. The third kappa shape index (κ3) is 2.45. The number of hydrogen-bond donors (Lipinski definition) is 3. The first-order valence-electron chi connectivity index (χ1n) is 6.65. The fourth-order valence-corrected chi connectivity index (χ4v) is 2.71. The van der Waals surface area contributed by atoms with E-state index in [2.05, 4.69) is 31.8 Å². The number of aromatic amines is 1. The van der Waals surface area contributed by atoms with Gasteiger partial charge in [0.1, 0.15) is 0 Å². The van der Waals surface area contributed by atoms with Crippen LogP contribution in [0.2, 0.25) is 0 Å². The predicted molar refractivity (Wildman–Crippen MR) is 68.5 cm³/mol. The second-order valence-electron chi connectivity index (χ2n) is 4.96. The standard InChI is InChI=1S/C12H21N5/c1-2-10(9-14-3-1)11-8-12(16-15-11)17-6-4-13-5-7-17/h8,10,13-14H,1-7,9H2,(H,15,16). The number of anilines is 1. The van der Waals surface area contributed by atoms with Crippen LogP contribution in [0.3, 0.4) is 0 Å².